The highest BCUT2D eigenvalue weighted by atomic mass is 35.5. The second-order valence-corrected chi connectivity index (χ2v) is 6.90. The van der Waals surface area contributed by atoms with Gasteiger partial charge >= 0.3 is 0 Å². The number of amides is 1. The largest absolute Gasteiger partial charge is 0.492 e. The molecular weight excluding hydrogens is 380 g/mol. The molecule has 1 aliphatic rings. The Kier molecular flexibility index (Phi) is 6.66. The van der Waals surface area contributed by atoms with Crippen molar-refractivity contribution in [3.05, 3.63) is 46.7 Å². The van der Waals surface area contributed by atoms with Crippen LogP contribution < -0.4 is 14.8 Å². The van der Waals surface area contributed by atoms with Crippen LogP contribution >= 0.6 is 11.6 Å². The van der Waals surface area contributed by atoms with Crippen molar-refractivity contribution >= 4 is 17.5 Å². The second-order valence-electron chi connectivity index (χ2n) is 6.51. The second kappa shape index (κ2) is 9.38. The molecular formula is C20H21ClN4O3. The molecule has 0 unspecified atom stereocenters. The van der Waals surface area contributed by atoms with Crippen LogP contribution in [0, 0.1) is 11.3 Å². The lowest BCUT2D eigenvalue weighted by atomic mass is 9.92. The van der Waals surface area contributed by atoms with Crippen molar-refractivity contribution in [3.8, 4) is 17.6 Å². The fourth-order valence-corrected chi connectivity index (χ4v) is 3.26. The van der Waals surface area contributed by atoms with Crippen LogP contribution in [0.1, 0.15) is 48.7 Å². The van der Waals surface area contributed by atoms with Gasteiger partial charge in [-0.25, -0.2) is 0 Å². The number of ether oxygens (including phenoxy) is 2. The van der Waals surface area contributed by atoms with Gasteiger partial charge in [0.2, 0.25) is 0 Å². The predicted molar refractivity (Wildman–Crippen MR) is 104 cm³/mol. The smallest absolute Gasteiger partial charge is 0.272 e. The molecule has 1 saturated carbocycles. The molecule has 0 atom stereocenters. The number of carbonyl (C=O) groups is 1. The van der Waals surface area contributed by atoms with E-state index >= 15 is 0 Å². The Balaban J connectivity index is 1.51. The number of benzene rings is 1. The van der Waals surface area contributed by atoms with E-state index in [1.54, 1.807) is 30.3 Å². The number of rotatable bonds is 6. The normalized spacial score (nSPS) is 18.8. The first-order chi connectivity index (χ1) is 13.6. The number of aromatic nitrogens is 2. The molecule has 1 heterocycles. The quantitative estimate of drug-likeness (QED) is 0.796. The number of hydrogen-bond donors (Lipinski definition) is 1. The predicted octanol–water partition coefficient (Wildman–Crippen LogP) is 3.52. The SMILES string of the molecule is CCOc1cc(OC2CCC(NC(=O)c3ccc(Cl)nn3)CC2)ccc1C#N. The molecule has 0 bridgehead atoms. The summed E-state index contributed by atoms with van der Waals surface area (Å²) in [7, 11) is 0. The maximum Gasteiger partial charge on any atom is 0.272 e. The molecule has 0 aliphatic heterocycles. The maximum atomic E-state index is 12.2. The average Bonchev–Trinajstić information content (AvgIpc) is 2.70. The minimum atomic E-state index is -0.248. The van der Waals surface area contributed by atoms with E-state index < -0.39 is 0 Å². The molecule has 28 heavy (non-hydrogen) atoms. The van der Waals surface area contributed by atoms with Gasteiger partial charge in [-0.15, -0.1) is 10.2 Å². The number of hydrogen-bond acceptors (Lipinski definition) is 6. The Labute approximate surface area is 168 Å². The van der Waals surface area contributed by atoms with Crippen LogP contribution in [0.4, 0.5) is 0 Å². The highest BCUT2D eigenvalue weighted by Gasteiger charge is 2.24. The highest BCUT2D eigenvalue weighted by molar-refractivity contribution is 6.29. The third-order valence-corrected chi connectivity index (χ3v) is 4.75. The molecule has 1 aromatic heterocycles. The lowest BCUT2D eigenvalue weighted by molar-refractivity contribution is 0.0887. The van der Waals surface area contributed by atoms with E-state index in [9.17, 15) is 4.79 Å². The van der Waals surface area contributed by atoms with Gasteiger partial charge in [0.15, 0.2) is 10.8 Å². The topological polar surface area (TPSA) is 97.1 Å². The monoisotopic (exact) mass is 400 g/mol. The van der Waals surface area contributed by atoms with Gasteiger partial charge in [-0.05, 0) is 56.9 Å². The Morgan fingerprint density at radius 1 is 1.25 bits per heavy atom. The average molecular weight is 401 g/mol. The van der Waals surface area contributed by atoms with Crippen molar-refractivity contribution < 1.29 is 14.3 Å². The van der Waals surface area contributed by atoms with Crippen LogP contribution in [0.2, 0.25) is 5.15 Å². The molecule has 1 amide bonds. The van der Waals surface area contributed by atoms with Crippen LogP contribution in [0.3, 0.4) is 0 Å². The summed E-state index contributed by atoms with van der Waals surface area (Å²) in [5.41, 5.74) is 0.745. The number of nitriles is 1. The van der Waals surface area contributed by atoms with Gasteiger partial charge < -0.3 is 14.8 Å². The summed E-state index contributed by atoms with van der Waals surface area (Å²) >= 11 is 5.69. The lowest BCUT2D eigenvalue weighted by Gasteiger charge is -2.29. The first-order valence-corrected chi connectivity index (χ1v) is 9.60. The minimum Gasteiger partial charge on any atom is -0.492 e. The Morgan fingerprint density at radius 2 is 2.04 bits per heavy atom. The molecule has 1 fully saturated rings. The van der Waals surface area contributed by atoms with Crippen LogP contribution in [-0.4, -0.2) is 34.9 Å². The van der Waals surface area contributed by atoms with Gasteiger partial charge in [0.05, 0.1) is 18.3 Å². The zero-order valence-corrected chi connectivity index (χ0v) is 16.3. The number of carbonyl (C=O) groups excluding carboxylic acids is 1. The Morgan fingerprint density at radius 3 is 2.68 bits per heavy atom. The molecule has 1 N–H and O–H groups in total. The fourth-order valence-electron chi connectivity index (χ4n) is 3.16. The summed E-state index contributed by atoms with van der Waals surface area (Å²) in [6.45, 7) is 2.36. The molecule has 0 radical (unpaired) electrons. The van der Waals surface area contributed by atoms with Crippen molar-refractivity contribution in [1.82, 2.24) is 15.5 Å². The first kappa shape index (κ1) is 19.9. The minimum absolute atomic E-state index is 0.0610. The van der Waals surface area contributed by atoms with E-state index in [0.717, 1.165) is 25.7 Å². The molecule has 1 aliphatic carbocycles. The lowest BCUT2D eigenvalue weighted by Crippen LogP contribution is -2.40. The molecule has 8 heteroatoms. The molecule has 1 aromatic carbocycles. The summed E-state index contributed by atoms with van der Waals surface area (Å²) in [6, 6.07) is 10.5. The molecule has 146 valence electrons. The summed E-state index contributed by atoms with van der Waals surface area (Å²) < 4.78 is 11.6. The van der Waals surface area contributed by atoms with E-state index in [4.69, 9.17) is 26.3 Å². The van der Waals surface area contributed by atoms with Crippen molar-refractivity contribution in [3.63, 3.8) is 0 Å². The standard InChI is InChI=1S/C20H21ClN4O3/c1-2-27-18-11-16(6-3-13(18)12-22)28-15-7-4-14(5-8-15)23-20(26)17-9-10-19(21)25-24-17/h3,6,9-11,14-15H,2,4-5,7-8H2,1H3,(H,23,26). The molecule has 0 spiro atoms. The van der Waals surface area contributed by atoms with E-state index in [0.29, 0.717) is 23.7 Å². The van der Waals surface area contributed by atoms with Crippen molar-refractivity contribution in [2.75, 3.05) is 6.61 Å². The summed E-state index contributed by atoms with van der Waals surface area (Å²) in [6.07, 6.45) is 3.33. The van der Waals surface area contributed by atoms with Crippen molar-refractivity contribution in [2.45, 2.75) is 44.8 Å². The number of nitrogens with zero attached hydrogens (tertiary/aromatic N) is 3. The summed E-state index contributed by atoms with van der Waals surface area (Å²) in [5.74, 6) is 0.973. The van der Waals surface area contributed by atoms with Gasteiger partial charge in [0, 0.05) is 12.1 Å². The molecule has 7 nitrogen and oxygen atoms in total. The first-order valence-electron chi connectivity index (χ1n) is 9.22. The summed E-state index contributed by atoms with van der Waals surface area (Å²) in [5, 5.41) is 19.9. The molecule has 0 saturated heterocycles. The summed E-state index contributed by atoms with van der Waals surface area (Å²) in [4.78, 5) is 12.2. The van der Waals surface area contributed by atoms with Crippen LogP contribution in [0.5, 0.6) is 11.5 Å². The van der Waals surface area contributed by atoms with Crippen molar-refractivity contribution in [1.29, 1.82) is 5.26 Å². The van der Waals surface area contributed by atoms with E-state index in [1.165, 1.54) is 0 Å². The number of nitrogens with one attached hydrogen (secondary N) is 1. The van der Waals surface area contributed by atoms with E-state index in [1.807, 2.05) is 6.92 Å². The number of halogens is 1. The van der Waals surface area contributed by atoms with Gasteiger partial charge in [0.1, 0.15) is 17.6 Å². The zero-order chi connectivity index (χ0) is 19.9. The van der Waals surface area contributed by atoms with Gasteiger partial charge in [-0.1, -0.05) is 11.6 Å². The van der Waals surface area contributed by atoms with Gasteiger partial charge in [-0.2, -0.15) is 5.26 Å². The fraction of sp³-hybridized carbons (Fsp3) is 0.400. The van der Waals surface area contributed by atoms with E-state index in [2.05, 4.69) is 21.6 Å². The van der Waals surface area contributed by atoms with Crippen LogP contribution in [-0.2, 0) is 0 Å². The van der Waals surface area contributed by atoms with Crippen molar-refractivity contribution in [2.24, 2.45) is 0 Å². The van der Waals surface area contributed by atoms with E-state index in [-0.39, 0.29) is 28.9 Å². The Bertz CT molecular complexity index is 859. The highest BCUT2D eigenvalue weighted by Crippen LogP contribution is 2.28. The van der Waals surface area contributed by atoms with Gasteiger partial charge in [0.25, 0.3) is 5.91 Å². The Hall–Kier alpha value is -2.85. The van der Waals surface area contributed by atoms with Crippen LogP contribution in [0.25, 0.3) is 0 Å². The third-order valence-electron chi connectivity index (χ3n) is 4.55. The molecule has 3 rings (SSSR count). The van der Waals surface area contributed by atoms with Gasteiger partial charge in [-0.3, -0.25) is 4.79 Å². The third kappa shape index (κ3) is 5.11. The van der Waals surface area contributed by atoms with Crippen LogP contribution in [0.15, 0.2) is 30.3 Å². The maximum absolute atomic E-state index is 12.2. The molecule has 2 aromatic rings. The zero-order valence-electron chi connectivity index (χ0n) is 15.5.